The van der Waals surface area contributed by atoms with Gasteiger partial charge in [-0.15, -0.1) is 0 Å². The lowest BCUT2D eigenvalue weighted by Crippen LogP contribution is -2.43. The molecule has 1 atom stereocenters. The molecule has 128 valence electrons. The second-order valence-electron chi connectivity index (χ2n) is 5.88. The predicted molar refractivity (Wildman–Crippen MR) is 88.3 cm³/mol. The summed E-state index contributed by atoms with van der Waals surface area (Å²) in [5, 5.41) is 19.5. The van der Waals surface area contributed by atoms with E-state index in [9.17, 15) is 9.90 Å². The number of ether oxygens (including phenoxy) is 1. The topological polar surface area (TPSA) is 90.5 Å². The van der Waals surface area contributed by atoms with Crippen LogP contribution < -0.4 is 5.32 Å². The first-order valence-electron chi connectivity index (χ1n) is 8.12. The average molecular weight is 330 g/mol. The highest BCUT2D eigenvalue weighted by Gasteiger charge is 2.23. The SMILES string of the molecule is O=C(NCc1ccn[nH]1)N(Cc1ccccc1O)C[C@H]1CCCO1. The fraction of sp³-hybridized carbons (Fsp3) is 0.412. The number of urea groups is 1. The molecule has 0 radical (unpaired) electrons. The number of aromatic nitrogens is 2. The smallest absolute Gasteiger partial charge is 0.318 e. The predicted octanol–water partition coefficient (Wildman–Crippen LogP) is 2.01. The van der Waals surface area contributed by atoms with Crippen LogP contribution in [-0.2, 0) is 17.8 Å². The van der Waals surface area contributed by atoms with E-state index in [0.29, 0.717) is 25.2 Å². The number of carbonyl (C=O) groups excluding carboxylic acids is 1. The normalized spacial score (nSPS) is 16.9. The molecule has 2 heterocycles. The van der Waals surface area contributed by atoms with E-state index in [-0.39, 0.29) is 17.9 Å². The minimum atomic E-state index is -0.191. The molecule has 7 nitrogen and oxygen atoms in total. The number of benzene rings is 1. The fourth-order valence-corrected chi connectivity index (χ4v) is 2.77. The van der Waals surface area contributed by atoms with Gasteiger partial charge in [-0.25, -0.2) is 4.79 Å². The summed E-state index contributed by atoms with van der Waals surface area (Å²) in [5.74, 6) is 0.191. The average Bonchev–Trinajstić information content (AvgIpc) is 3.27. The standard InChI is InChI=1S/C17H22N4O3/c22-16-6-2-1-4-13(16)11-21(12-15-5-3-9-24-15)17(23)18-10-14-7-8-19-20-14/h1-2,4,6-8,15,22H,3,5,9-12H2,(H,18,23)(H,19,20)/t15-/m1/s1. The van der Waals surface area contributed by atoms with Crippen LogP contribution in [0, 0.1) is 0 Å². The molecule has 1 aromatic heterocycles. The van der Waals surface area contributed by atoms with Crippen molar-refractivity contribution in [1.82, 2.24) is 20.4 Å². The lowest BCUT2D eigenvalue weighted by atomic mass is 10.1. The molecule has 0 bridgehead atoms. The molecule has 0 saturated carbocycles. The van der Waals surface area contributed by atoms with Crippen molar-refractivity contribution in [2.75, 3.05) is 13.2 Å². The maximum absolute atomic E-state index is 12.6. The van der Waals surface area contributed by atoms with Gasteiger partial charge in [-0.1, -0.05) is 18.2 Å². The van der Waals surface area contributed by atoms with Crippen LogP contribution in [0.3, 0.4) is 0 Å². The van der Waals surface area contributed by atoms with E-state index in [1.807, 2.05) is 18.2 Å². The maximum Gasteiger partial charge on any atom is 0.318 e. The number of amides is 2. The van der Waals surface area contributed by atoms with Crippen LogP contribution in [0.4, 0.5) is 4.79 Å². The van der Waals surface area contributed by atoms with E-state index in [4.69, 9.17) is 4.74 Å². The Bertz CT molecular complexity index is 654. The summed E-state index contributed by atoms with van der Waals surface area (Å²) in [5.41, 5.74) is 1.55. The highest BCUT2D eigenvalue weighted by atomic mass is 16.5. The zero-order valence-electron chi connectivity index (χ0n) is 13.4. The van der Waals surface area contributed by atoms with Crippen molar-refractivity contribution in [3.05, 3.63) is 47.8 Å². The number of aromatic amines is 1. The van der Waals surface area contributed by atoms with Gasteiger partial charge in [-0.3, -0.25) is 5.10 Å². The van der Waals surface area contributed by atoms with Crippen molar-refractivity contribution in [3.63, 3.8) is 0 Å². The lowest BCUT2D eigenvalue weighted by Gasteiger charge is -2.26. The van der Waals surface area contributed by atoms with Gasteiger partial charge in [0.25, 0.3) is 0 Å². The number of nitrogens with one attached hydrogen (secondary N) is 2. The zero-order valence-corrected chi connectivity index (χ0v) is 13.4. The van der Waals surface area contributed by atoms with E-state index >= 15 is 0 Å². The van der Waals surface area contributed by atoms with E-state index in [2.05, 4.69) is 15.5 Å². The summed E-state index contributed by atoms with van der Waals surface area (Å²) in [4.78, 5) is 14.3. The van der Waals surface area contributed by atoms with Crippen molar-refractivity contribution in [2.24, 2.45) is 0 Å². The monoisotopic (exact) mass is 330 g/mol. The molecule has 24 heavy (non-hydrogen) atoms. The second kappa shape index (κ2) is 7.83. The van der Waals surface area contributed by atoms with Crippen LogP contribution in [0.25, 0.3) is 0 Å². The minimum Gasteiger partial charge on any atom is -0.508 e. The Balaban J connectivity index is 1.66. The summed E-state index contributed by atoms with van der Waals surface area (Å²) >= 11 is 0. The number of phenols is 1. The highest BCUT2D eigenvalue weighted by molar-refractivity contribution is 5.74. The van der Waals surface area contributed by atoms with Gasteiger partial charge in [0.15, 0.2) is 0 Å². The summed E-state index contributed by atoms with van der Waals surface area (Å²) < 4.78 is 5.65. The van der Waals surface area contributed by atoms with Gasteiger partial charge in [-0.05, 0) is 25.0 Å². The van der Waals surface area contributed by atoms with Gasteiger partial charge in [0.1, 0.15) is 5.75 Å². The quantitative estimate of drug-likeness (QED) is 0.756. The molecule has 1 aliphatic heterocycles. The van der Waals surface area contributed by atoms with Gasteiger partial charge in [0.05, 0.1) is 24.9 Å². The minimum absolute atomic E-state index is 0.0498. The lowest BCUT2D eigenvalue weighted by molar-refractivity contribution is 0.0792. The van der Waals surface area contributed by atoms with Crippen LogP contribution in [0.1, 0.15) is 24.1 Å². The van der Waals surface area contributed by atoms with E-state index in [1.54, 1.807) is 23.2 Å². The third-order valence-electron chi connectivity index (χ3n) is 4.08. The zero-order chi connectivity index (χ0) is 16.8. The third kappa shape index (κ3) is 4.26. The molecule has 7 heteroatoms. The van der Waals surface area contributed by atoms with Gasteiger partial charge in [0.2, 0.25) is 0 Å². The van der Waals surface area contributed by atoms with Crippen LogP contribution >= 0.6 is 0 Å². The summed E-state index contributed by atoms with van der Waals surface area (Å²) in [7, 11) is 0. The number of H-pyrrole nitrogens is 1. The largest absolute Gasteiger partial charge is 0.508 e. The fourth-order valence-electron chi connectivity index (χ4n) is 2.77. The molecule has 1 saturated heterocycles. The van der Waals surface area contributed by atoms with E-state index in [1.165, 1.54) is 0 Å². The molecule has 3 rings (SSSR count). The summed E-state index contributed by atoms with van der Waals surface area (Å²) in [6.45, 7) is 1.96. The number of aromatic hydroxyl groups is 1. The summed E-state index contributed by atoms with van der Waals surface area (Å²) in [6, 6.07) is 8.68. The summed E-state index contributed by atoms with van der Waals surface area (Å²) in [6.07, 6.45) is 3.66. The Morgan fingerprint density at radius 2 is 2.29 bits per heavy atom. The van der Waals surface area contributed by atoms with Crippen LogP contribution in [0.15, 0.2) is 36.5 Å². The molecule has 2 amide bonds. The maximum atomic E-state index is 12.6. The van der Waals surface area contributed by atoms with Crippen molar-refractivity contribution >= 4 is 6.03 Å². The van der Waals surface area contributed by atoms with Crippen molar-refractivity contribution in [3.8, 4) is 5.75 Å². The van der Waals surface area contributed by atoms with Crippen molar-refractivity contribution < 1.29 is 14.6 Å². The molecule has 1 aliphatic rings. The molecule has 1 aromatic carbocycles. The Morgan fingerprint density at radius 3 is 3.00 bits per heavy atom. The molecule has 0 unspecified atom stereocenters. The number of carbonyl (C=O) groups is 1. The number of para-hydroxylation sites is 1. The molecule has 1 fully saturated rings. The van der Waals surface area contributed by atoms with Crippen LogP contribution in [0.2, 0.25) is 0 Å². The van der Waals surface area contributed by atoms with Crippen LogP contribution in [-0.4, -0.2) is 45.5 Å². The first-order valence-corrected chi connectivity index (χ1v) is 8.12. The Morgan fingerprint density at radius 1 is 1.42 bits per heavy atom. The molecule has 0 spiro atoms. The third-order valence-corrected chi connectivity index (χ3v) is 4.08. The van der Waals surface area contributed by atoms with Gasteiger partial charge in [-0.2, -0.15) is 5.10 Å². The van der Waals surface area contributed by atoms with Crippen molar-refractivity contribution in [2.45, 2.75) is 32.0 Å². The van der Waals surface area contributed by atoms with E-state index < -0.39 is 0 Å². The highest BCUT2D eigenvalue weighted by Crippen LogP contribution is 2.20. The van der Waals surface area contributed by atoms with Gasteiger partial charge in [0, 0.05) is 24.9 Å². The number of hydrogen-bond donors (Lipinski definition) is 3. The molecular formula is C17H22N4O3. The number of hydrogen-bond acceptors (Lipinski definition) is 4. The first-order chi connectivity index (χ1) is 11.7. The van der Waals surface area contributed by atoms with Gasteiger partial charge >= 0.3 is 6.03 Å². The van der Waals surface area contributed by atoms with Crippen LogP contribution in [0.5, 0.6) is 5.75 Å². The Labute approximate surface area is 140 Å². The second-order valence-corrected chi connectivity index (χ2v) is 5.88. The number of phenolic OH excluding ortho intramolecular Hbond substituents is 1. The number of rotatable bonds is 6. The van der Waals surface area contributed by atoms with Gasteiger partial charge < -0.3 is 20.1 Å². The Hall–Kier alpha value is -2.54. The number of nitrogens with zero attached hydrogens (tertiary/aromatic N) is 2. The first kappa shape index (κ1) is 16.3. The van der Waals surface area contributed by atoms with Crippen molar-refractivity contribution in [1.29, 1.82) is 0 Å². The molecule has 2 aromatic rings. The molecule has 0 aliphatic carbocycles. The van der Waals surface area contributed by atoms with E-state index in [0.717, 1.165) is 25.1 Å². The Kier molecular flexibility index (Phi) is 5.32. The molecular weight excluding hydrogens is 308 g/mol. The molecule has 3 N–H and O–H groups in total.